The van der Waals surface area contributed by atoms with Gasteiger partial charge in [0.05, 0.1) is 12.7 Å². The molecule has 2 aliphatic heterocycles. The van der Waals surface area contributed by atoms with Crippen molar-refractivity contribution in [2.45, 2.75) is 43.6 Å². The van der Waals surface area contributed by atoms with Crippen molar-refractivity contribution >= 4 is 27.6 Å². The van der Waals surface area contributed by atoms with Crippen molar-refractivity contribution in [1.29, 1.82) is 0 Å². The minimum absolute atomic E-state index is 0.00294. The molecule has 0 saturated carbocycles. The second kappa shape index (κ2) is 11.2. The lowest BCUT2D eigenvalue weighted by Gasteiger charge is -2.22. The van der Waals surface area contributed by atoms with Gasteiger partial charge in [0.2, 0.25) is 10.0 Å². The normalized spacial score (nSPS) is 16.9. The Morgan fingerprint density at radius 1 is 0.972 bits per heavy atom. The van der Waals surface area contributed by atoms with Crippen LogP contribution >= 0.6 is 0 Å². The van der Waals surface area contributed by atoms with Crippen LogP contribution in [0.5, 0.6) is 17.2 Å². The highest BCUT2D eigenvalue weighted by atomic mass is 32.2. The number of carbonyl (C=O) groups is 2. The summed E-state index contributed by atoms with van der Waals surface area (Å²) in [6.07, 6.45) is 2.36. The van der Waals surface area contributed by atoms with E-state index in [9.17, 15) is 18.0 Å². The third kappa shape index (κ3) is 5.73. The van der Waals surface area contributed by atoms with Crippen LogP contribution in [0.15, 0.2) is 41.3 Å². The molecule has 0 bridgehead atoms. The number of ether oxygens (including phenoxy) is 4. The van der Waals surface area contributed by atoms with E-state index >= 15 is 0 Å². The molecule has 0 aromatic heterocycles. The summed E-state index contributed by atoms with van der Waals surface area (Å²) in [5, 5.41) is 2.68. The van der Waals surface area contributed by atoms with Crippen molar-refractivity contribution in [1.82, 2.24) is 4.31 Å². The highest BCUT2D eigenvalue weighted by Crippen LogP contribution is 2.33. The van der Waals surface area contributed by atoms with Gasteiger partial charge in [0.1, 0.15) is 23.9 Å². The van der Waals surface area contributed by atoms with Gasteiger partial charge in [0.15, 0.2) is 17.6 Å². The molecule has 0 radical (unpaired) electrons. The maximum Gasteiger partial charge on any atom is 0.338 e. The van der Waals surface area contributed by atoms with Crippen molar-refractivity contribution < 1.29 is 37.0 Å². The molecule has 194 valence electrons. The standard InChI is InChI=1S/C25H30N2O8S/c1-17(24(28)26-19-8-10-20-22(16-19)34-14-13-33-20)35-25(29)18-7-9-21(32-2)23(15-18)36(30,31)27-11-5-3-4-6-12-27/h7-10,15-17H,3-6,11-14H2,1-2H3,(H,26,28). The summed E-state index contributed by atoms with van der Waals surface area (Å²) >= 11 is 0. The van der Waals surface area contributed by atoms with Crippen LogP contribution in [0.1, 0.15) is 43.0 Å². The molecule has 2 aromatic carbocycles. The highest BCUT2D eigenvalue weighted by Gasteiger charge is 2.30. The van der Waals surface area contributed by atoms with E-state index in [1.165, 1.54) is 36.5 Å². The number of anilines is 1. The number of fused-ring (bicyclic) bond motifs is 1. The Morgan fingerprint density at radius 2 is 1.67 bits per heavy atom. The molecule has 11 heteroatoms. The number of methoxy groups -OCH3 is 1. The lowest BCUT2D eigenvalue weighted by Crippen LogP contribution is -2.32. The van der Waals surface area contributed by atoms with Gasteiger partial charge in [0.25, 0.3) is 5.91 Å². The lowest BCUT2D eigenvalue weighted by molar-refractivity contribution is -0.123. The van der Waals surface area contributed by atoms with E-state index in [4.69, 9.17) is 18.9 Å². The Hall–Kier alpha value is -3.31. The number of rotatable bonds is 7. The SMILES string of the molecule is COc1ccc(C(=O)OC(C)C(=O)Nc2ccc3c(c2)OCCO3)cc1S(=O)(=O)N1CCCCCC1. The van der Waals surface area contributed by atoms with Crippen LogP contribution in [0.25, 0.3) is 0 Å². The number of amides is 1. The fourth-order valence-electron chi connectivity index (χ4n) is 4.07. The van der Waals surface area contributed by atoms with Crippen molar-refractivity contribution in [2.75, 3.05) is 38.7 Å². The van der Waals surface area contributed by atoms with Gasteiger partial charge in [-0.2, -0.15) is 4.31 Å². The van der Waals surface area contributed by atoms with Gasteiger partial charge in [-0.3, -0.25) is 4.79 Å². The number of sulfonamides is 1. The largest absolute Gasteiger partial charge is 0.495 e. The molecule has 2 aliphatic rings. The van der Waals surface area contributed by atoms with E-state index in [1.807, 2.05) is 0 Å². The van der Waals surface area contributed by atoms with Crippen LogP contribution in [0.4, 0.5) is 5.69 Å². The molecular formula is C25H30N2O8S. The van der Waals surface area contributed by atoms with Crippen molar-refractivity contribution in [3.63, 3.8) is 0 Å². The van der Waals surface area contributed by atoms with Gasteiger partial charge in [0, 0.05) is 24.8 Å². The summed E-state index contributed by atoms with van der Waals surface area (Å²) in [5.41, 5.74) is 0.464. The summed E-state index contributed by atoms with van der Waals surface area (Å²) in [4.78, 5) is 25.4. The maximum absolute atomic E-state index is 13.3. The number of esters is 1. The van der Waals surface area contributed by atoms with Crippen LogP contribution in [-0.2, 0) is 19.6 Å². The first kappa shape index (κ1) is 25.8. The van der Waals surface area contributed by atoms with Gasteiger partial charge in [-0.05, 0) is 50.1 Å². The van der Waals surface area contributed by atoms with E-state index in [-0.39, 0.29) is 16.2 Å². The van der Waals surface area contributed by atoms with E-state index < -0.39 is 28.0 Å². The van der Waals surface area contributed by atoms with Crippen LogP contribution < -0.4 is 19.5 Å². The van der Waals surface area contributed by atoms with Crippen LogP contribution in [-0.4, -0.2) is 64.1 Å². The third-order valence-corrected chi connectivity index (χ3v) is 7.96. The Balaban J connectivity index is 1.46. The smallest absolute Gasteiger partial charge is 0.338 e. The Kier molecular flexibility index (Phi) is 8.00. The summed E-state index contributed by atoms with van der Waals surface area (Å²) in [6, 6.07) is 9.04. The number of nitrogens with zero attached hydrogens (tertiary/aromatic N) is 1. The first-order valence-electron chi connectivity index (χ1n) is 11.9. The van der Waals surface area contributed by atoms with Gasteiger partial charge in [-0.25, -0.2) is 13.2 Å². The van der Waals surface area contributed by atoms with Crippen LogP contribution in [0.2, 0.25) is 0 Å². The minimum Gasteiger partial charge on any atom is -0.495 e. The zero-order valence-corrected chi connectivity index (χ0v) is 21.1. The molecule has 2 aromatic rings. The van der Waals surface area contributed by atoms with Crippen molar-refractivity contribution in [3.05, 3.63) is 42.0 Å². The molecule has 2 heterocycles. The number of benzene rings is 2. The molecule has 4 rings (SSSR count). The molecule has 10 nitrogen and oxygen atoms in total. The number of carbonyl (C=O) groups excluding carboxylic acids is 2. The topological polar surface area (TPSA) is 120 Å². The van der Waals surface area contributed by atoms with E-state index in [0.29, 0.717) is 43.5 Å². The first-order valence-corrected chi connectivity index (χ1v) is 13.3. The zero-order valence-electron chi connectivity index (χ0n) is 20.3. The zero-order chi connectivity index (χ0) is 25.7. The fourth-order valence-corrected chi connectivity index (χ4v) is 5.77. The van der Waals surface area contributed by atoms with Crippen LogP contribution in [0.3, 0.4) is 0 Å². The van der Waals surface area contributed by atoms with Gasteiger partial charge in [-0.1, -0.05) is 12.8 Å². The number of nitrogens with one attached hydrogen (secondary N) is 1. The second-order valence-corrected chi connectivity index (χ2v) is 10.5. The lowest BCUT2D eigenvalue weighted by atomic mass is 10.2. The average molecular weight is 519 g/mol. The molecule has 1 atom stereocenters. The fraction of sp³-hybridized carbons (Fsp3) is 0.440. The molecule has 0 aliphatic carbocycles. The van der Waals surface area contributed by atoms with Crippen molar-refractivity contribution in [2.24, 2.45) is 0 Å². The van der Waals surface area contributed by atoms with Gasteiger partial charge >= 0.3 is 5.97 Å². The molecule has 1 N–H and O–H groups in total. The van der Waals surface area contributed by atoms with Gasteiger partial charge < -0.3 is 24.3 Å². The molecule has 1 fully saturated rings. The highest BCUT2D eigenvalue weighted by molar-refractivity contribution is 7.89. The summed E-state index contributed by atoms with van der Waals surface area (Å²) in [7, 11) is -2.50. The predicted octanol–water partition coefficient (Wildman–Crippen LogP) is 3.22. The average Bonchev–Trinajstić information content (AvgIpc) is 3.18. The van der Waals surface area contributed by atoms with Crippen molar-refractivity contribution in [3.8, 4) is 17.2 Å². The molecule has 1 amide bonds. The summed E-state index contributed by atoms with van der Waals surface area (Å²) in [6.45, 7) is 3.13. The van der Waals surface area contributed by atoms with Gasteiger partial charge in [-0.15, -0.1) is 0 Å². The monoisotopic (exact) mass is 518 g/mol. The van der Waals surface area contributed by atoms with E-state index in [2.05, 4.69) is 5.32 Å². The molecule has 0 spiro atoms. The maximum atomic E-state index is 13.3. The molecule has 1 saturated heterocycles. The molecule has 36 heavy (non-hydrogen) atoms. The Bertz CT molecular complexity index is 1220. The molecular weight excluding hydrogens is 488 g/mol. The second-order valence-electron chi connectivity index (χ2n) is 8.58. The summed E-state index contributed by atoms with van der Waals surface area (Å²) in [5.74, 6) is -0.134. The quantitative estimate of drug-likeness (QED) is 0.555. The Labute approximate surface area is 210 Å². The summed E-state index contributed by atoms with van der Waals surface area (Å²) < 4.78 is 49.7. The third-order valence-electron chi connectivity index (χ3n) is 6.04. The first-order chi connectivity index (χ1) is 17.3. The van der Waals surface area contributed by atoms with E-state index in [0.717, 1.165) is 25.7 Å². The minimum atomic E-state index is -3.88. The number of hydrogen-bond acceptors (Lipinski definition) is 8. The predicted molar refractivity (Wildman–Crippen MR) is 131 cm³/mol. The van der Waals surface area contributed by atoms with Crippen LogP contribution in [0, 0.1) is 0 Å². The Morgan fingerprint density at radius 3 is 2.36 bits per heavy atom. The number of hydrogen-bond donors (Lipinski definition) is 1. The molecule has 1 unspecified atom stereocenters. The van der Waals surface area contributed by atoms with E-state index in [1.54, 1.807) is 18.2 Å².